The van der Waals surface area contributed by atoms with Crippen LogP contribution in [-0.2, 0) is 9.53 Å². The molecule has 0 bridgehead atoms. The van der Waals surface area contributed by atoms with Crippen LogP contribution >= 0.6 is 0 Å². The third-order valence-electron chi connectivity index (χ3n) is 4.75. The van der Waals surface area contributed by atoms with E-state index in [1.807, 2.05) is 18.2 Å². The molecule has 0 aromatic heterocycles. The smallest absolute Gasteiger partial charge is 0.338 e. The van der Waals surface area contributed by atoms with Crippen molar-refractivity contribution in [2.24, 2.45) is 0 Å². The van der Waals surface area contributed by atoms with Gasteiger partial charge in [0.15, 0.2) is 18.1 Å². The van der Waals surface area contributed by atoms with E-state index in [2.05, 4.69) is 5.32 Å². The number of amides is 1. The molecule has 7 heteroatoms. The van der Waals surface area contributed by atoms with Crippen LogP contribution in [0, 0.1) is 0 Å². The highest BCUT2D eigenvalue weighted by Gasteiger charge is 2.21. The maximum atomic E-state index is 12.2. The molecule has 0 spiro atoms. The van der Waals surface area contributed by atoms with E-state index in [4.69, 9.17) is 14.2 Å². The van der Waals surface area contributed by atoms with Crippen LogP contribution in [0.15, 0.2) is 72.8 Å². The number of nitrogens with one attached hydrogen (secondary N) is 1. The molecule has 0 saturated carbocycles. The molecule has 31 heavy (non-hydrogen) atoms. The molecule has 2 N–H and O–H groups in total. The summed E-state index contributed by atoms with van der Waals surface area (Å²) >= 11 is 0. The minimum absolute atomic E-state index is 0.189. The normalized spacial score (nSPS) is 14.5. The topological polar surface area (TPSA) is 94.1 Å². The summed E-state index contributed by atoms with van der Waals surface area (Å²) < 4.78 is 16.5. The number of fused-ring (bicyclic) bond motifs is 1. The van der Waals surface area contributed by atoms with Crippen LogP contribution < -0.4 is 14.8 Å². The van der Waals surface area contributed by atoms with Gasteiger partial charge in [0.1, 0.15) is 18.5 Å². The van der Waals surface area contributed by atoms with Gasteiger partial charge in [-0.3, -0.25) is 4.79 Å². The van der Waals surface area contributed by atoms with Crippen molar-refractivity contribution in [1.82, 2.24) is 5.32 Å². The standard InChI is InChI=1S/C24H21NO6/c26-19-11-9-17(10-12-19)16-5-7-18(8-6-16)24(28)30-15-23(27)25-13-20-14-29-21-3-1-2-4-22(21)31-20/h1-12,20,26H,13-15H2,(H,25,27)/t20-/m0/s1. The molecule has 0 unspecified atom stereocenters. The lowest BCUT2D eigenvalue weighted by Crippen LogP contribution is -2.42. The van der Waals surface area contributed by atoms with Crippen molar-refractivity contribution in [1.29, 1.82) is 0 Å². The van der Waals surface area contributed by atoms with Gasteiger partial charge in [0.25, 0.3) is 5.91 Å². The van der Waals surface area contributed by atoms with Crippen molar-refractivity contribution in [2.45, 2.75) is 6.10 Å². The number of ether oxygens (including phenoxy) is 3. The third kappa shape index (κ3) is 5.14. The Morgan fingerprint density at radius 3 is 2.29 bits per heavy atom. The van der Waals surface area contributed by atoms with Gasteiger partial charge in [0, 0.05) is 0 Å². The van der Waals surface area contributed by atoms with E-state index in [0.717, 1.165) is 11.1 Å². The van der Waals surface area contributed by atoms with Crippen molar-refractivity contribution in [3.05, 3.63) is 78.4 Å². The molecule has 0 radical (unpaired) electrons. The fraction of sp³-hybridized carbons (Fsp3) is 0.167. The lowest BCUT2D eigenvalue weighted by atomic mass is 10.0. The van der Waals surface area contributed by atoms with Crippen molar-refractivity contribution >= 4 is 11.9 Å². The number of carbonyl (C=O) groups is 2. The van der Waals surface area contributed by atoms with Crippen molar-refractivity contribution in [2.75, 3.05) is 19.8 Å². The van der Waals surface area contributed by atoms with Gasteiger partial charge in [-0.25, -0.2) is 4.79 Å². The lowest BCUT2D eigenvalue weighted by Gasteiger charge is -2.26. The zero-order chi connectivity index (χ0) is 21.6. The van der Waals surface area contributed by atoms with Crippen molar-refractivity contribution in [3.8, 4) is 28.4 Å². The third-order valence-corrected chi connectivity index (χ3v) is 4.75. The average Bonchev–Trinajstić information content (AvgIpc) is 2.81. The van der Waals surface area contributed by atoms with Crippen LogP contribution in [0.4, 0.5) is 0 Å². The van der Waals surface area contributed by atoms with Gasteiger partial charge in [-0.1, -0.05) is 36.4 Å². The Morgan fingerprint density at radius 1 is 0.935 bits per heavy atom. The SMILES string of the molecule is O=C(COC(=O)c1ccc(-c2ccc(O)cc2)cc1)NC[C@H]1COc2ccccc2O1. The number of phenolic OH excluding ortho intramolecular Hbond substituents is 1. The molecule has 1 amide bonds. The number of aromatic hydroxyl groups is 1. The predicted octanol–water partition coefficient (Wildman–Crippen LogP) is 3.17. The molecule has 1 aliphatic heterocycles. The van der Waals surface area contributed by atoms with Crippen LogP contribution in [0.3, 0.4) is 0 Å². The summed E-state index contributed by atoms with van der Waals surface area (Å²) in [7, 11) is 0. The van der Waals surface area contributed by atoms with Crippen LogP contribution in [0.1, 0.15) is 10.4 Å². The van der Waals surface area contributed by atoms with Gasteiger partial charge < -0.3 is 24.6 Å². The highest BCUT2D eigenvalue weighted by atomic mass is 16.6. The summed E-state index contributed by atoms with van der Waals surface area (Å²) in [5, 5.41) is 12.1. The molecule has 0 fully saturated rings. The summed E-state index contributed by atoms with van der Waals surface area (Å²) in [6.07, 6.45) is -0.318. The monoisotopic (exact) mass is 419 g/mol. The Kier molecular flexibility index (Phi) is 6.03. The first-order valence-corrected chi connectivity index (χ1v) is 9.80. The van der Waals surface area contributed by atoms with E-state index in [-0.39, 0.29) is 25.0 Å². The van der Waals surface area contributed by atoms with Gasteiger partial charge in [0.05, 0.1) is 12.1 Å². The zero-order valence-corrected chi connectivity index (χ0v) is 16.6. The van der Waals surface area contributed by atoms with Crippen molar-refractivity contribution < 1.29 is 28.9 Å². The predicted molar refractivity (Wildman–Crippen MR) is 113 cm³/mol. The second-order valence-corrected chi connectivity index (χ2v) is 7.00. The summed E-state index contributed by atoms with van der Waals surface area (Å²) in [5.74, 6) is 0.496. The fourth-order valence-corrected chi connectivity index (χ4v) is 3.11. The molecule has 1 heterocycles. The second-order valence-electron chi connectivity index (χ2n) is 7.00. The second kappa shape index (κ2) is 9.21. The molecule has 1 atom stereocenters. The summed E-state index contributed by atoms with van der Waals surface area (Å²) in [4.78, 5) is 24.2. The van der Waals surface area contributed by atoms with E-state index in [0.29, 0.717) is 23.7 Å². The first-order chi connectivity index (χ1) is 15.1. The Labute approximate surface area is 179 Å². The summed E-state index contributed by atoms with van der Waals surface area (Å²) in [6.45, 7) is 0.180. The molecule has 1 aliphatic rings. The Bertz CT molecular complexity index is 1060. The van der Waals surface area contributed by atoms with E-state index < -0.39 is 11.9 Å². The molecule has 7 nitrogen and oxygen atoms in total. The number of benzene rings is 3. The van der Waals surface area contributed by atoms with E-state index in [9.17, 15) is 14.7 Å². The number of hydrogen-bond donors (Lipinski definition) is 2. The first-order valence-electron chi connectivity index (χ1n) is 9.80. The van der Waals surface area contributed by atoms with Gasteiger partial charge in [0.2, 0.25) is 0 Å². The minimum Gasteiger partial charge on any atom is -0.508 e. The van der Waals surface area contributed by atoms with E-state index in [1.165, 1.54) is 0 Å². The maximum Gasteiger partial charge on any atom is 0.338 e. The molecule has 0 aliphatic carbocycles. The number of carbonyl (C=O) groups excluding carboxylic acids is 2. The Morgan fingerprint density at radius 2 is 1.58 bits per heavy atom. The highest BCUT2D eigenvalue weighted by molar-refractivity contribution is 5.91. The summed E-state index contributed by atoms with van der Waals surface area (Å²) in [6, 6.07) is 20.9. The van der Waals surface area contributed by atoms with E-state index in [1.54, 1.807) is 54.6 Å². The van der Waals surface area contributed by atoms with Gasteiger partial charge in [-0.15, -0.1) is 0 Å². The molecule has 3 aromatic rings. The van der Waals surface area contributed by atoms with Gasteiger partial charge in [-0.05, 0) is 47.5 Å². The average molecular weight is 419 g/mol. The number of esters is 1. The number of para-hydroxylation sites is 2. The van der Waals surface area contributed by atoms with E-state index >= 15 is 0 Å². The maximum absolute atomic E-state index is 12.2. The van der Waals surface area contributed by atoms with Crippen LogP contribution in [0.5, 0.6) is 17.2 Å². The number of hydrogen-bond acceptors (Lipinski definition) is 6. The molecular formula is C24H21NO6. The van der Waals surface area contributed by atoms with Crippen molar-refractivity contribution in [3.63, 3.8) is 0 Å². The Balaban J connectivity index is 1.23. The quantitative estimate of drug-likeness (QED) is 0.596. The molecule has 158 valence electrons. The first kappa shape index (κ1) is 20.3. The van der Waals surface area contributed by atoms with Crippen LogP contribution in [0.25, 0.3) is 11.1 Å². The van der Waals surface area contributed by atoms with Gasteiger partial charge >= 0.3 is 5.97 Å². The lowest BCUT2D eigenvalue weighted by molar-refractivity contribution is -0.124. The molecular weight excluding hydrogens is 398 g/mol. The highest BCUT2D eigenvalue weighted by Crippen LogP contribution is 2.30. The number of phenols is 1. The molecule has 3 aromatic carbocycles. The molecule has 0 saturated heterocycles. The fourth-order valence-electron chi connectivity index (χ4n) is 3.11. The summed E-state index contributed by atoms with van der Waals surface area (Å²) in [5.41, 5.74) is 2.15. The Hall–Kier alpha value is -4.00. The minimum atomic E-state index is -0.585. The number of rotatable bonds is 6. The van der Waals surface area contributed by atoms with Gasteiger partial charge in [-0.2, -0.15) is 0 Å². The molecule has 4 rings (SSSR count). The largest absolute Gasteiger partial charge is 0.508 e. The van der Waals surface area contributed by atoms with Crippen LogP contribution in [-0.4, -0.2) is 42.8 Å². The zero-order valence-electron chi connectivity index (χ0n) is 16.6. The van der Waals surface area contributed by atoms with Crippen LogP contribution in [0.2, 0.25) is 0 Å².